The number of aliphatic hydroxyl groups is 1. The minimum absolute atomic E-state index is 0.0905. The van der Waals surface area contributed by atoms with Crippen molar-refractivity contribution in [2.24, 2.45) is 0 Å². The molecule has 0 aliphatic heterocycles. The fourth-order valence-corrected chi connectivity index (χ4v) is 6.25. The number of aliphatic hydroxyl groups excluding tert-OH is 1. The molecular weight excluding hydrogens is 733 g/mol. The van der Waals surface area contributed by atoms with Crippen LogP contribution in [0.3, 0.4) is 0 Å². The molecular formula is C44H76NO10P. The number of unbranched alkanes of at least 4 members (excludes halogenated alkanes) is 15. The topological polar surface area (TPSA) is 169 Å². The number of esters is 1. The lowest BCUT2D eigenvalue weighted by atomic mass is 10.1. The third-order valence-corrected chi connectivity index (χ3v) is 9.74. The van der Waals surface area contributed by atoms with E-state index in [4.69, 9.17) is 13.8 Å². The third kappa shape index (κ3) is 38.1. The number of carbonyl (C=O) groups excluding carboxylic acids is 2. The normalized spacial score (nSPS) is 14.4. The van der Waals surface area contributed by atoms with Crippen LogP contribution >= 0.6 is 7.82 Å². The molecule has 11 nitrogen and oxygen atoms in total. The molecule has 56 heavy (non-hydrogen) atoms. The van der Waals surface area contributed by atoms with E-state index >= 15 is 0 Å². The summed E-state index contributed by atoms with van der Waals surface area (Å²) >= 11 is 0. The van der Waals surface area contributed by atoms with Crippen molar-refractivity contribution >= 4 is 25.7 Å². The lowest BCUT2D eigenvalue weighted by Crippen LogP contribution is -2.43. The summed E-state index contributed by atoms with van der Waals surface area (Å²) < 4.78 is 26.8. The van der Waals surface area contributed by atoms with Gasteiger partial charge in [-0.15, -0.1) is 0 Å². The molecule has 0 radical (unpaired) electrons. The highest BCUT2D eigenvalue weighted by molar-refractivity contribution is 7.47. The van der Waals surface area contributed by atoms with E-state index in [0.29, 0.717) is 12.8 Å². The largest absolute Gasteiger partial charge is 0.480 e. The van der Waals surface area contributed by atoms with Crippen LogP contribution in [-0.2, 0) is 32.7 Å². The monoisotopic (exact) mass is 810 g/mol. The van der Waals surface area contributed by atoms with Gasteiger partial charge in [-0.3, -0.25) is 18.6 Å². The van der Waals surface area contributed by atoms with Crippen molar-refractivity contribution < 1.29 is 47.8 Å². The smallest absolute Gasteiger partial charge is 0.472 e. The number of allylic oxidation sites excluding steroid dienone is 10. The Morgan fingerprint density at radius 1 is 0.589 bits per heavy atom. The van der Waals surface area contributed by atoms with Crippen molar-refractivity contribution in [1.82, 2.24) is 5.32 Å². The summed E-state index contributed by atoms with van der Waals surface area (Å²) in [7, 11) is -4.77. The van der Waals surface area contributed by atoms with Gasteiger partial charge in [0.05, 0.1) is 13.2 Å². The molecule has 0 bridgehead atoms. The van der Waals surface area contributed by atoms with Gasteiger partial charge in [0.15, 0.2) is 6.04 Å². The number of carboxylic acids is 1. The van der Waals surface area contributed by atoms with Crippen molar-refractivity contribution in [3.63, 3.8) is 0 Å². The number of aliphatic carboxylic acids is 1. The molecule has 3 unspecified atom stereocenters. The van der Waals surface area contributed by atoms with E-state index in [9.17, 15) is 34.1 Å². The lowest BCUT2D eigenvalue weighted by molar-refractivity contribution is -0.147. The van der Waals surface area contributed by atoms with E-state index in [0.717, 1.165) is 64.2 Å². The van der Waals surface area contributed by atoms with Crippen LogP contribution in [0.5, 0.6) is 0 Å². The summed E-state index contributed by atoms with van der Waals surface area (Å²) in [5, 5.41) is 21.8. The van der Waals surface area contributed by atoms with Gasteiger partial charge < -0.3 is 25.2 Å². The van der Waals surface area contributed by atoms with Gasteiger partial charge in [-0.2, -0.15) is 0 Å². The zero-order chi connectivity index (χ0) is 41.4. The zero-order valence-electron chi connectivity index (χ0n) is 34.7. The van der Waals surface area contributed by atoms with Crippen LogP contribution in [0.4, 0.5) is 0 Å². The molecule has 0 fully saturated rings. The number of hydrogen-bond donors (Lipinski definition) is 4. The number of hydrogen-bond acceptors (Lipinski definition) is 8. The SMILES string of the molecule is CC/C=C\C/C=C\C/C=C\C/C=C\CCCCC(=O)NC(COP(=O)(O)OCC(O)COC(=O)CCCCCCCCC/C=C\CCCCCCCC)C(=O)O. The Labute approximate surface area is 338 Å². The molecule has 0 aromatic rings. The van der Waals surface area contributed by atoms with E-state index in [1.54, 1.807) is 0 Å². The molecule has 0 aliphatic carbocycles. The van der Waals surface area contributed by atoms with E-state index < -0.39 is 57.6 Å². The Morgan fingerprint density at radius 2 is 1.04 bits per heavy atom. The number of nitrogens with one attached hydrogen (secondary N) is 1. The maximum Gasteiger partial charge on any atom is 0.472 e. The molecule has 0 saturated carbocycles. The summed E-state index contributed by atoms with van der Waals surface area (Å²) in [4.78, 5) is 45.8. The molecule has 0 heterocycles. The molecule has 4 N–H and O–H groups in total. The van der Waals surface area contributed by atoms with Gasteiger partial charge >= 0.3 is 19.8 Å². The van der Waals surface area contributed by atoms with Crippen LogP contribution in [0.15, 0.2) is 60.8 Å². The molecule has 0 aromatic heterocycles. The van der Waals surface area contributed by atoms with E-state index in [2.05, 4.69) is 73.8 Å². The summed E-state index contributed by atoms with van der Waals surface area (Å²) in [5.74, 6) is -2.44. The van der Waals surface area contributed by atoms with Gasteiger partial charge in [0.25, 0.3) is 0 Å². The molecule has 0 saturated heterocycles. The van der Waals surface area contributed by atoms with Crippen LogP contribution in [0, 0.1) is 0 Å². The van der Waals surface area contributed by atoms with Crippen molar-refractivity contribution in [1.29, 1.82) is 0 Å². The molecule has 0 rings (SSSR count). The molecule has 12 heteroatoms. The summed E-state index contributed by atoms with van der Waals surface area (Å²) in [6, 6.07) is -1.57. The second kappa shape index (κ2) is 39.0. The summed E-state index contributed by atoms with van der Waals surface area (Å²) in [5.41, 5.74) is 0. The van der Waals surface area contributed by atoms with Crippen molar-refractivity contribution in [3.05, 3.63) is 60.8 Å². The summed E-state index contributed by atoms with van der Waals surface area (Å²) in [6.07, 6.45) is 43.9. The number of ether oxygens (including phenoxy) is 1. The Kier molecular flexibility index (Phi) is 37.1. The highest BCUT2D eigenvalue weighted by Crippen LogP contribution is 2.43. The molecule has 0 spiro atoms. The van der Waals surface area contributed by atoms with Crippen LogP contribution in [0.25, 0.3) is 0 Å². The molecule has 0 aliphatic rings. The first-order valence-electron chi connectivity index (χ1n) is 21.3. The van der Waals surface area contributed by atoms with Gasteiger partial charge in [0.1, 0.15) is 12.7 Å². The highest BCUT2D eigenvalue weighted by atomic mass is 31.2. The molecule has 322 valence electrons. The first-order chi connectivity index (χ1) is 27.1. The number of carboxylic acid groups (broad SMARTS) is 1. The van der Waals surface area contributed by atoms with Gasteiger partial charge in [-0.05, 0) is 77.0 Å². The van der Waals surface area contributed by atoms with Gasteiger partial charge in [-0.1, -0.05) is 139 Å². The van der Waals surface area contributed by atoms with Crippen LogP contribution in [0.1, 0.15) is 168 Å². The fourth-order valence-electron chi connectivity index (χ4n) is 5.48. The maximum atomic E-state index is 12.3. The second-order valence-corrected chi connectivity index (χ2v) is 15.6. The number of phosphoric ester groups is 1. The highest BCUT2D eigenvalue weighted by Gasteiger charge is 2.28. The predicted octanol–water partition coefficient (Wildman–Crippen LogP) is 10.8. The van der Waals surface area contributed by atoms with Gasteiger partial charge in [0.2, 0.25) is 5.91 Å². The van der Waals surface area contributed by atoms with Gasteiger partial charge in [0, 0.05) is 12.8 Å². The van der Waals surface area contributed by atoms with Crippen LogP contribution in [-0.4, -0.2) is 64.9 Å². The fraction of sp³-hybridized carbons (Fsp3) is 0.705. The first-order valence-corrected chi connectivity index (χ1v) is 22.8. The lowest BCUT2D eigenvalue weighted by Gasteiger charge is -2.18. The number of amides is 1. The van der Waals surface area contributed by atoms with Gasteiger partial charge in [-0.25, -0.2) is 9.36 Å². The number of rotatable bonds is 39. The predicted molar refractivity (Wildman–Crippen MR) is 226 cm³/mol. The number of phosphoric acid groups is 1. The minimum atomic E-state index is -4.77. The Hall–Kier alpha value is -2.82. The van der Waals surface area contributed by atoms with E-state index in [1.165, 1.54) is 64.2 Å². The van der Waals surface area contributed by atoms with E-state index in [1.807, 2.05) is 6.08 Å². The maximum absolute atomic E-state index is 12.3. The average molecular weight is 810 g/mol. The van der Waals surface area contributed by atoms with Crippen molar-refractivity contribution in [2.45, 2.75) is 180 Å². The molecule has 3 atom stereocenters. The van der Waals surface area contributed by atoms with Crippen LogP contribution < -0.4 is 5.32 Å². The molecule has 0 aromatic carbocycles. The number of carbonyl (C=O) groups is 3. The first kappa shape index (κ1) is 53.2. The molecule has 1 amide bonds. The standard InChI is InChI=1S/C44H76NO10P/c1-3-5-7-9-11-13-15-17-19-20-22-24-26-28-30-32-34-36-43(48)53-37-40(46)38-54-56(51,52)55-39-41(44(49)50)45-42(47)35-33-31-29-27-25-23-21-18-16-14-12-10-8-6-4-2/h6,8,12,14,17-19,21,25,27,40-41,46H,3-5,7,9-11,13,15-16,20,22-24,26,28-39H2,1-2H3,(H,45,47)(H,49,50)(H,51,52)/b8-6-,14-12-,19-17-,21-18-,27-25-. The third-order valence-electron chi connectivity index (χ3n) is 8.79. The Morgan fingerprint density at radius 3 is 1.59 bits per heavy atom. The minimum Gasteiger partial charge on any atom is -0.480 e. The quantitative estimate of drug-likeness (QED) is 0.0203. The average Bonchev–Trinajstić information content (AvgIpc) is 3.17. The Bertz CT molecular complexity index is 1180. The van der Waals surface area contributed by atoms with Crippen molar-refractivity contribution in [2.75, 3.05) is 19.8 Å². The van der Waals surface area contributed by atoms with E-state index in [-0.39, 0.29) is 12.8 Å². The van der Waals surface area contributed by atoms with Crippen LogP contribution in [0.2, 0.25) is 0 Å². The summed E-state index contributed by atoms with van der Waals surface area (Å²) in [6.45, 7) is 2.43. The zero-order valence-corrected chi connectivity index (χ0v) is 35.6. The Balaban J connectivity index is 3.97. The second-order valence-electron chi connectivity index (χ2n) is 14.1. The van der Waals surface area contributed by atoms with Crippen molar-refractivity contribution in [3.8, 4) is 0 Å².